The lowest BCUT2D eigenvalue weighted by molar-refractivity contribution is 0.0292. The molecule has 0 spiro atoms. The van der Waals surface area contributed by atoms with E-state index in [4.69, 9.17) is 18.9 Å². The molecule has 4 aromatic carbocycles. The van der Waals surface area contributed by atoms with Crippen molar-refractivity contribution in [3.63, 3.8) is 0 Å². The summed E-state index contributed by atoms with van der Waals surface area (Å²) in [6.07, 6.45) is 0.708. The molecule has 0 aliphatic carbocycles. The quantitative estimate of drug-likeness (QED) is 0.0634. The third-order valence-electron chi connectivity index (χ3n) is 8.32. The molecule has 0 aliphatic rings. The minimum Gasteiger partial charge on any atom is -0.491 e. The van der Waals surface area contributed by atoms with Crippen LogP contribution in [0, 0.1) is 0 Å². The summed E-state index contributed by atoms with van der Waals surface area (Å²) in [5.41, 5.74) is 0. The highest BCUT2D eigenvalue weighted by Crippen LogP contribution is 2.14. The highest BCUT2D eigenvalue weighted by atomic mass is 16.5. The number of unbranched alkanes of at least 4 members (excludes halogenated alkanes) is 3. The molecule has 0 aromatic heterocycles. The number of hydrogen-bond donors (Lipinski definition) is 4. The van der Waals surface area contributed by atoms with E-state index in [1.807, 2.05) is 121 Å². The van der Waals surface area contributed by atoms with Gasteiger partial charge in [-0.15, -0.1) is 0 Å². The predicted molar refractivity (Wildman–Crippen MR) is 203 cm³/mol. The first-order chi connectivity index (χ1) is 25.4. The maximum absolute atomic E-state index is 10.8. The zero-order valence-corrected chi connectivity index (χ0v) is 30.1. The number of aliphatic hydroxyl groups excluding tert-OH is 4. The molecule has 10 nitrogen and oxygen atoms in total. The minimum absolute atomic E-state index is 0.150. The van der Waals surface area contributed by atoms with Gasteiger partial charge in [0.1, 0.15) is 73.8 Å². The second-order valence-corrected chi connectivity index (χ2v) is 13.0. The molecule has 0 aliphatic heterocycles. The van der Waals surface area contributed by atoms with Crippen molar-refractivity contribution in [2.75, 3.05) is 65.7 Å². The number of benzene rings is 4. The topological polar surface area (TPSA) is 124 Å². The van der Waals surface area contributed by atoms with Gasteiger partial charge >= 0.3 is 0 Å². The molecule has 0 saturated heterocycles. The molecule has 0 radical (unpaired) electrons. The fourth-order valence-corrected chi connectivity index (χ4v) is 5.78. The average molecular weight is 717 g/mol. The number of para-hydroxylation sites is 4. The Morgan fingerprint density at radius 2 is 0.577 bits per heavy atom. The van der Waals surface area contributed by atoms with Gasteiger partial charge in [-0.25, -0.2) is 0 Å². The van der Waals surface area contributed by atoms with Crippen molar-refractivity contribution in [1.29, 1.82) is 0 Å². The fourth-order valence-electron chi connectivity index (χ4n) is 5.78. The first-order valence-corrected chi connectivity index (χ1v) is 18.3. The number of aliphatic hydroxyl groups is 4. The Labute approximate surface area is 308 Å². The second-order valence-electron chi connectivity index (χ2n) is 13.0. The van der Waals surface area contributed by atoms with Crippen LogP contribution in [0.15, 0.2) is 121 Å². The maximum atomic E-state index is 10.8. The summed E-state index contributed by atoms with van der Waals surface area (Å²) in [6, 6.07) is 37.6. The van der Waals surface area contributed by atoms with Crippen LogP contribution in [0.5, 0.6) is 23.0 Å². The lowest BCUT2D eigenvalue weighted by atomic mass is 10.1. The Hall–Kier alpha value is -4.16. The standard InChI is InChI=1S/C42H56N2O8/c45-35(31-49-39-17-7-3-8-18-39)27-43(28-36(46)32-50-40-19-9-4-10-20-40)25-15-1-2-16-26-44(29-37(47)33-51-41-21-11-5-12-22-41)30-38(48)34-52-42-23-13-6-14-24-42/h3-14,17-24,35-38,45-48H,1-2,15-16,25-34H2. The third kappa shape index (κ3) is 17.4. The van der Waals surface area contributed by atoms with E-state index in [9.17, 15) is 20.4 Å². The van der Waals surface area contributed by atoms with Crippen LogP contribution in [0.1, 0.15) is 25.7 Å². The van der Waals surface area contributed by atoms with E-state index in [1.54, 1.807) is 0 Å². The Bertz CT molecular complexity index is 1220. The van der Waals surface area contributed by atoms with Gasteiger partial charge in [-0.1, -0.05) is 85.6 Å². The number of ether oxygens (including phenoxy) is 4. The molecule has 4 unspecified atom stereocenters. The lowest BCUT2D eigenvalue weighted by Crippen LogP contribution is -2.42. The van der Waals surface area contributed by atoms with Gasteiger partial charge in [0.15, 0.2) is 0 Å². The molecule has 10 heteroatoms. The smallest absolute Gasteiger partial charge is 0.119 e. The van der Waals surface area contributed by atoms with Crippen molar-refractivity contribution in [2.45, 2.75) is 50.1 Å². The predicted octanol–water partition coefficient (Wildman–Crippen LogP) is 4.91. The Kier molecular flexibility index (Phi) is 18.9. The fraction of sp³-hybridized carbons (Fsp3) is 0.429. The molecule has 0 bridgehead atoms. The average Bonchev–Trinajstić information content (AvgIpc) is 3.17. The van der Waals surface area contributed by atoms with Crippen molar-refractivity contribution >= 4 is 0 Å². The first kappa shape index (κ1) is 40.6. The highest BCUT2D eigenvalue weighted by molar-refractivity contribution is 5.23. The summed E-state index contributed by atoms with van der Waals surface area (Å²) < 4.78 is 23.1. The van der Waals surface area contributed by atoms with E-state index >= 15 is 0 Å². The van der Waals surface area contributed by atoms with Crippen molar-refractivity contribution in [3.05, 3.63) is 121 Å². The van der Waals surface area contributed by atoms with Crippen molar-refractivity contribution < 1.29 is 39.4 Å². The monoisotopic (exact) mass is 716 g/mol. The van der Waals surface area contributed by atoms with Crippen LogP contribution in [0.25, 0.3) is 0 Å². The van der Waals surface area contributed by atoms with Crippen molar-refractivity contribution in [2.24, 2.45) is 0 Å². The second kappa shape index (κ2) is 24.2. The van der Waals surface area contributed by atoms with E-state index in [2.05, 4.69) is 9.80 Å². The first-order valence-electron chi connectivity index (χ1n) is 18.3. The molecule has 0 amide bonds. The normalized spacial score (nSPS) is 13.7. The highest BCUT2D eigenvalue weighted by Gasteiger charge is 2.19. The Morgan fingerprint density at radius 1 is 0.346 bits per heavy atom. The van der Waals surface area contributed by atoms with Crippen LogP contribution in [-0.4, -0.2) is 120 Å². The summed E-state index contributed by atoms with van der Waals surface area (Å²) in [4.78, 5) is 4.13. The Balaban J connectivity index is 1.23. The molecule has 4 rings (SSSR count). The van der Waals surface area contributed by atoms with Crippen LogP contribution in [0.4, 0.5) is 0 Å². The molecule has 4 aromatic rings. The molecule has 0 fully saturated rings. The summed E-state index contributed by atoms with van der Waals surface area (Å²) in [7, 11) is 0. The summed E-state index contributed by atoms with van der Waals surface area (Å²) in [5, 5.41) is 43.2. The zero-order chi connectivity index (χ0) is 36.6. The van der Waals surface area contributed by atoms with Gasteiger partial charge in [0.05, 0.1) is 0 Å². The molecular weight excluding hydrogens is 660 g/mol. The van der Waals surface area contributed by atoms with Gasteiger partial charge in [-0.05, 0) is 74.5 Å². The van der Waals surface area contributed by atoms with Gasteiger partial charge < -0.3 is 39.4 Å². The van der Waals surface area contributed by atoms with E-state index in [0.29, 0.717) is 62.3 Å². The van der Waals surface area contributed by atoms with E-state index in [-0.39, 0.29) is 26.4 Å². The van der Waals surface area contributed by atoms with Crippen LogP contribution in [-0.2, 0) is 0 Å². The molecule has 0 saturated carbocycles. The lowest BCUT2D eigenvalue weighted by Gasteiger charge is -2.28. The van der Waals surface area contributed by atoms with Gasteiger partial charge in [-0.3, -0.25) is 9.80 Å². The summed E-state index contributed by atoms with van der Waals surface area (Å²) >= 11 is 0. The van der Waals surface area contributed by atoms with Crippen LogP contribution in [0.2, 0.25) is 0 Å². The van der Waals surface area contributed by atoms with E-state index in [1.165, 1.54) is 0 Å². The van der Waals surface area contributed by atoms with Gasteiger partial charge in [0.2, 0.25) is 0 Å². The SMILES string of the molecule is OC(COc1ccccc1)CN(CCCCCCN(CC(O)COc1ccccc1)CC(O)COc1ccccc1)CC(O)COc1ccccc1. The number of hydrogen-bond acceptors (Lipinski definition) is 10. The zero-order valence-electron chi connectivity index (χ0n) is 30.1. The molecule has 4 atom stereocenters. The van der Waals surface area contributed by atoms with Crippen molar-refractivity contribution in [3.8, 4) is 23.0 Å². The van der Waals surface area contributed by atoms with E-state index < -0.39 is 24.4 Å². The third-order valence-corrected chi connectivity index (χ3v) is 8.32. The largest absolute Gasteiger partial charge is 0.491 e. The number of rotatable bonds is 27. The molecular formula is C42H56N2O8. The molecule has 4 N–H and O–H groups in total. The van der Waals surface area contributed by atoms with Gasteiger partial charge in [0.25, 0.3) is 0 Å². The van der Waals surface area contributed by atoms with Crippen LogP contribution in [0.3, 0.4) is 0 Å². The van der Waals surface area contributed by atoms with Crippen molar-refractivity contribution in [1.82, 2.24) is 9.80 Å². The summed E-state index contributed by atoms with van der Waals surface area (Å²) in [6.45, 7) is 3.41. The van der Waals surface area contributed by atoms with Gasteiger partial charge in [0, 0.05) is 26.2 Å². The minimum atomic E-state index is -0.731. The Morgan fingerprint density at radius 3 is 0.808 bits per heavy atom. The van der Waals surface area contributed by atoms with Crippen LogP contribution >= 0.6 is 0 Å². The molecule has 52 heavy (non-hydrogen) atoms. The molecule has 0 heterocycles. The maximum Gasteiger partial charge on any atom is 0.119 e. The van der Waals surface area contributed by atoms with Crippen LogP contribution < -0.4 is 18.9 Å². The van der Waals surface area contributed by atoms with E-state index in [0.717, 1.165) is 25.7 Å². The summed E-state index contributed by atoms with van der Waals surface area (Å²) in [5.74, 6) is 2.80. The van der Waals surface area contributed by atoms with Gasteiger partial charge in [-0.2, -0.15) is 0 Å². The number of nitrogens with zero attached hydrogens (tertiary/aromatic N) is 2. The molecule has 282 valence electrons.